The van der Waals surface area contributed by atoms with Gasteiger partial charge in [-0.1, -0.05) is 6.08 Å². The number of phosphoric acid groups is 1. The van der Waals surface area contributed by atoms with Gasteiger partial charge in [-0.3, -0.25) is 23.3 Å². The molecule has 0 fully saturated rings. The first kappa shape index (κ1) is 32.0. The number of hydrogen-bond donors (Lipinski definition) is 0. The van der Waals surface area contributed by atoms with Crippen molar-refractivity contribution < 1.29 is 27.7 Å². The summed E-state index contributed by atoms with van der Waals surface area (Å²) in [6.45, 7) is 4.33. The largest absolute Gasteiger partial charge is 0.481 e. The first-order chi connectivity index (χ1) is 20.7. The maximum absolute atomic E-state index is 13.0. The zero-order valence-electron chi connectivity index (χ0n) is 25.3. The van der Waals surface area contributed by atoms with Crippen molar-refractivity contribution in [2.75, 3.05) is 52.9 Å². The third-order valence-corrected chi connectivity index (χ3v) is 7.98. The lowest BCUT2D eigenvalue weighted by Crippen LogP contribution is -2.24. The lowest BCUT2D eigenvalue weighted by molar-refractivity contribution is -0.113. The number of aromatic nitrogens is 4. The second-order valence-electron chi connectivity index (χ2n) is 9.73. The van der Waals surface area contributed by atoms with Crippen LogP contribution in [0.3, 0.4) is 0 Å². The van der Waals surface area contributed by atoms with Crippen molar-refractivity contribution in [3.05, 3.63) is 67.4 Å². The van der Waals surface area contributed by atoms with Gasteiger partial charge >= 0.3 is 7.82 Å². The molecule has 0 atom stereocenters. The van der Waals surface area contributed by atoms with Gasteiger partial charge in [0.1, 0.15) is 12.4 Å². The summed E-state index contributed by atoms with van der Waals surface area (Å²) in [6, 6.07) is 7.58. The van der Waals surface area contributed by atoms with E-state index >= 15 is 0 Å². The summed E-state index contributed by atoms with van der Waals surface area (Å²) in [6.07, 6.45) is 12.0. The van der Waals surface area contributed by atoms with E-state index in [1.165, 1.54) is 0 Å². The highest BCUT2D eigenvalue weighted by Gasteiger charge is 2.26. The number of anilines is 1. The standard InChI is InChI=1S/C30H37N6O6P/c1-7-40-43(38,41-8-2)42-21-36-20-27(22-11-12-32-28(16-22)39-6)26-15-24(18-33-30(26)36)23-14-25(19-31-17-23)35(5)29(37)10-9-13-34(3)4/h9-12,14-20H,7-8,13,21H2,1-6H3/b10-9+. The highest BCUT2D eigenvalue weighted by molar-refractivity contribution is 7.48. The highest BCUT2D eigenvalue weighted by atomic mass is 31.2. The van der Waals surface area contributed by atoms with E-state index in [-0.39, 0.29) is 25.9 Å². The van der Waals surface area contributed by atoms with Gasteiger partial charge < -0.3 is 19.1 Å². The number of carbonyl (C=O) groups excluding carboxylic acids is 1. The molecule has 0 spiro atoms. The Kier molecular flexibility index (Phi) is 10.8. The average Bonchev–Trinajstić information content (AvgIpc) is 3.38. The lowest BCUT2D eigenvalue weighted by atomic mass is 10.0. The fraction of sp³-hybridized carbons (Fsp3) is 0.333. The van der Waals surface area contributed by atoms with Crippen molar-refractivity contribution in [3.8, 4) is 28.1 Å². The number of fused-ring (bicyclic) bond motifs is 1. The summed E-state index contributed by atoms with van der Waals surface area (Å²) in [5.74, 6) is 0.303. The van der Waals surface area contributed by atoms with Crippen molar-refractivity contribution in [2.24, 2.45) is 0 Å². The second kappa shape index (κ2) is 14.5. The molecule has 4 aromatic heterocycles. The normalized spacial score (nSPS) is 12.0. The number of pyridine rings is 3. The van der Waals surface area contributed by atoms with Crippen molar-refractivity contribution in [2.45, 2.75) is 20.6 Å². The number of rotatable bonds is 14. The fourth-order valence-corrected chi connectivity index (χ4v) is 5.40. The zero-order chi connectivity index (χ0) is 31.0. The lowest BCUT2D eigenvalue weighted by Gasteiger charge is -2.17. The Balaban J connectivity index is 1.73. The summed E-state index contributed by atoms with van der Waals surface area (Å²) in [7, 11) is 3.39. The topological polar surface area (TPSA) is 121 Å². The number of likely N-dealkylation sites (N-methyl/N-ethyl adjacent to an activating group) is 2. The molecule has 0 aliphatic carbocycles. The minimum absolute atomic E-state index is 0.117. The van der Waals surface area contributed by atoms with Crippen LogP contribution in [0.25, 0.3) is 33.3 Å². The first-order valence-corrected chi connectivity index (χ1v) is 15.2. The number of nitrogens with zero attached hydrogens (tertiary/aromatic N) is 6. The zero-order valence-corrected chi connectivity index (χ0v) is 26.2. The molecule has 0 bridgehead atoms. The summed E-state index contributed by atoms with van der Waals surface area (Å²) in [4.78, 5) is 29.6. The number of hydrogen-bond acceptors (Lipinski definition) is 10. The molecule has 0 radical (unpaired) electrons. The van der Waals surface area contributed by atoms with Gasteiger partial charge in [0.2, 0.25) is 11.8 Å². The van der Waals surface area contributed by atoms with Crippen molar-refractivity contribution in [1.29, 1.82) is 0 Å². The molecule has 0 aliphatic heterocycles. The molecule has 228 valence electrons. The minimum atomic E-state index is -3.76. The van der Waals surface area contributed by atoms with E-state index < -0.39 is 7.82 Å². The van der Waals surface area contributed by atoms with E-state index in [4.69, 9.17) is 23.3 Å². The van der Waals surface area contributed by atoms with Crippen LogP contribution in [0.1, 0.15) is 13.8 Å². The molecule has 4 aromatic rings. The molecule has 13 heteroatoms. The molecule has 4 heterocycles. The third-order valence-electron chi connectivity index (χ3n) is 6.40. The molecule has 0 aromatic carbocycles. The molecule has 1 amide bonds. The number of amides is 1. The first-order valence-electron chi connectivity index (χ1n) is 13.7. The van der Waals surface area contributed by atoms with Crippen molar-refractivity contribution in [3.63, 3.8) is 0 Å². The fourth-order valence-electron chi connectivity index (χ4n) is 4.28. The van der Waals surface area contributed by atoms with Crippen LogP contribution in [0.15, 0.2) is 67.4 Å². The summed E-state index contributed by atoms with van der Waals surface area (Å²) in [5, 5.41) is 0.804. The Morgan fingerprint density at radius 3 is 2.42 bits per heavy atom. The molecule has 0 unspecified atom stereocenters. The van der Waals surface area contributed by atoms with Crippen LogP contribution in [0.4, 0.5) is 5.69 Å². The number of ether oxygens (including phenoxy) is 1. The Bertz CT molecular complexity index is 1630. The Hall–Kier alpha value is -3.93. The predicted molar refractivity (Wildman–Crippen MR) is 166 cm³/mol. The van der Waals surface area contributed by atoms with Gasteiger partial charge in [-0.05, 0) is 51.7 Å². The van der Waals surface area contributed by atoms with E-state index in [9.17, 15) is 9.36 Å². The molecule has 0 N–H and O–H groups in total. The SMILES string of the molecule is CCOP(=O)(OCC)OCn1cc(-c2ccnc(OC)c2)c2cc(-c3cncc(N(C)C(=O)/C=C/CN(C)C)c3)cnc21. The number of methoxy groups -OCH3 is 1. The molecule has 43 heavy (non-hydrogen) atoms. The van der Waals surface area contributed by atoms with Crippen molar-refractivity contribution in [1.82, 2.24) is 24.4 Å². The molecule has 0 aliphatic rings. The summed E-state index contributed by atoms with van der Waals surface area (Å²) >= 11 is 0. The van der Waals surface area contributed by atoms with Gasteiger partial charge in [0.15, 0.2) is 0 Å². The van der Waals surface area contributed by atoms with Crippen LogP contribution in [0, 0.1) is 0 Å². The van der Waals surface area contributed by atoms with Crippen LogP contribution >= 0.6 is 7.82 Å². The number of carbonyl (C=O) groups is 1. The van der Waals surface area contributed by atoms with E-state index in [1.807, 2.05) is 55.5 Å². The van der Waals surface area contributed by atoms with Crippen LogP contribution < -0.4 is 9.64 Å². The summed E-state index contributed by atoms with van der Waals surface area (Å²) < 4.78 is 36.3. The molecule has 0 saturated carbocycles. The summed E-state index contributed by atoms with van der Waals surface area (Å²) in [5.41, 5.74) is 4.48. The van der Waals surface area contributed by atoms with Crippen LogP contribution in [-0.4, -0.2) is 78.3 Å². The van der Waals surface area contributed by atoms with Gasteiger partial charge in [-0.15, -0.1) is 0 Å². The third kappa shape index (κ3) is 7.92. The van der Waals surface area contributed by atoms with Crippen LogP contribution in [0.2, 0.25) is 0 Å². The van der Waals surface area contributed by atoms with Crippen molar-refractivity contribution >= 4 is 30.5 Å². The van der Waals surface area contributed by atoms with Gasteiger partial charge in [-0.25, -0.2) is 14.5 Å². The van der Waals surface area contributed by atoms with Gasteiger partial charge in [-0.2, -0.15) is 0 Å². The van der Waals surface area contributed by atoms with Gasteiger partial charge in [0.05, 0.1) is 32.2 Å². The monoisotopic (exact) mass is 608 g/mol. The van der Waals surface area contributed by atoms with E-state index in [0.717, 1.165) is 27.6 Å². The maximum Gasteiger partial charge on any atom is 0.476 e. The molecule has 12 nitrogen and oxygen atoms in total. The Labute approximate surface area is 251 Å². The van der Waals surface area contributed by atoms with Crippen LogP contribution in [-0.2, 0) is 29.7 Å². The minimum Gasteiger partial charge on any atom is -0.481 e. The van der Waals surface area contributed by atoms with E-state index in [0.29, 0.717) is 23.8 Å². The molecular formula is C30H37N6O6P. The van der Waals surface area contributed by atoms with E-state index in [1.54, 1.807) is 68.3 Å². The predicted octanol–water partition coefficient (Wildman–Crippen LogP) is 5.40. The quantitative estimate of drug-likeness (QED) is 0.136. The molecule has 4 rings (SSSR count). The Morgan fingerprint density at radius 1 is 0.977 bits per heavy atom. The van der Waals surface area contributed by atoms with Gasteiger partial charge in [0, 0.05) is 72.6 Å². The maximum atomic E-state index is 13.0. The average molecular weight is 609 g/mol. The van der Waals surface area contributed by atoms with Gasteiger partial charge in [0.25, 0.3) is 0 Å². The smallest absolute Gasteiger partial charge is 0.476 e. The molecular weight excluding hydrogens is 571 g/mol. The Morgan fingerprint density at radius 2 is 1.72 bits per heavy atom. The highest BCUT2D eigenvalue weighted by Crippen LogP contribution is 2.49. The molecule has 0 saturated heterocycles. The number of phosphoric ester groups is 1. The second-order valence-corrected chi connectivity index (χ2v) is 11.4. The van der Waals surface area contributed by atoms with Crippen LogP contribution in [0.5, 0.6) is 5.88 Å². The van der Waals surface area contributed by atoms with E-state index in [2.05, 4.69) is 9.97 Å².